The van der Waals surface area contributed by atoms with Crippen molar-refractivity contribution in [1.29, 1.82) is 5.26 Å². The molecule has 2 rings (SSSR count). The summed E-state index contributed by atoms with van der Waals surface area (Å²) in [6.07, 6.45) is 0. The number of hydrogen-bond acceptors (Lipinski definition) is 4. The van der Waals surface area contributed by atoms with Crippen molar-refractivity contribution < 1.29 is 4.79 Å². The molecule has 17 heavy (non-hydrogen) atoms. The van der Waals surface area contributed by atoms with Gasteiger partial charge in [0.25, 0.3) is 5.91 Å². The summed E-state index contributed by atoms with van der Waals surface area (Å²) in [6, 6.07) is 8.88. The van der Waals surface area contributed by atoms with E-state index in [0.29, 0.717) is 11.3 Å². The number of carbonyl (C=O) groups excluding carboxylic acids is 1. The summed E-state index contributed by atoms with van der Waals surface area (Å²) in [7, 11) is 1.68. The lowest BCUT2D eigenvalue weighted by Gasteiger charge is -2.15. The average Bonchev–Trinajstić information content (AvgIpc) is 2.91. The second-order valence-corrected chi connectivity index (χ2v) is 4.12. The van der Waals surface area contributed by atoms with Crippen molar-refractivity contribution in [2.24, 2.45) is 0 Å². The Morgan fingerprint density at radius 3 is 2.65 bits per heavy atom. The summed E-state index contributed by atoms with van der Waals surface area (Å²) >= 11 is 1.38. The summed E-state index contributed by atoms with van der Waals surface area (Å²) < 4.78 is 0. The minimum absolute atomic E-state index is 0.157. The molecule has 2 aromatic rings. The van der Waals surface area contributed by atoms with E-state index in [1.807, 2.05) is 6.07 Å². The number of rotatable bonds is 2. The predicted octanol–water partition coefficient (Wildman–Crippen LogP) is 2.29. The topological polar surface area (TPSA) is 57.0 Å². The Morgan fingerprint density at radius 1 is 1.41 bits per heavy atom. The average molecular weight is 243 g/mol. The largest absolute Gasteiger partial charge is 0.310 e. The first kappa shape index (κ1) is 11.3. The Bertz CT molecular complexity index is 554. The first-order valence-corrected chi connectivity index (χ1v) is 5.83. The fourth-order valence-electron chi connectivity index (χ4n) is 1.37. The highest BCUT2D eigenvalue weighted by molar-refractivity contribution is 7.07. The molecule has 1 heterocycles. The maximum absolute atomic E-state index is 12.0. The zero-order chi connectivity index (χ0) is 12.3. The SMILES string of the molecule is CN(C(=O)c1cscn1)c1ccc(C#N)cc1. The van der Waals surface area contributed by atoms with Crippen LogP contribution in [0.5, 0.6) is 0 Å². The van der Waals surface area contributed by atoms with Crippen molar-refractivity contribution in [2.45, 2.75) is 0 Å². The van der Waals surface area contributed by atoms with Gasteiger partial charge in [-0.15, -0.1) is 11.3 Å². The molecule has 0 aliphatic carbocycles. The lowest BCUT2D eigenvalue weighted by molar-refractivity contribution is 0.0989. The number of aromatic nitrogens is 1. The van der Waals surface area contributed by atoms with Crippen LogP contribution in [0.3, 0.4) is 0 Å². The van der Waals surface area contributed by atoms with Gasteiger partial charge in [-0.05, 0) is 24.3 Å². The van der Waals surface area contributed by atoms with Gasteiger partial charge in [-0.25, -0.2) is 4.98 Å². The molecular formula is C12H9N3OS. The first-order chi connectivity index (χ1) is 8.22. The number of nitrogens with zero attached hydrogens (tertiary/aromatic N) is 3. The van der Waals surface area contributed by atoms with Crippen LogP contribution >= 0.6 is 11.3 Å². The number of thiazole rings is 1. The van der Waals surface area contributed by atoms with E-state index in [1.54, 1.807) is 42.2 Å². The van der Waals surface area contributed by atoms with E-state index >= 15 is 0 Å². The third-order valence-corrected chi connectivity index (χ3v) is 2.93. The van der Waals surface area contributed by atoms with Crippen LogP contribution < -0.4 is 4.90 Å². The Labute approximate surface area is 103 Å². The highest BCUT2D eigenvalue weighted by Crippen LogP contribution is 2.16. The minimum atomic E-state index is -0.157. The number of nitriles is 1. The molecule has 1 aromatic carbocycles. The summed E-state index contributed by atoms with van der Waals surface area (Å²) in [5, 5.41) is 10.4. The van der Waals surface area contributed by atoms with Crippen molar-refractivity contribution in [3.63, 3.8) is 0 Å². The molecular weight excluding hydrogens is 234 g/mol. The first-order valence-electron chi connectivity index (χ1n) is 4.89. The van der Waals surface area contributed by atoms with Crippen LogP contribution in [0.15, 0.2) is 35.2 Å². The van der Waals surface area contributed by atoms with E-state index in [2.05, 4.69) is 4.98 Å². The lowest BCUT2D eigenvalue weighted by Crippen LogP contribution is -2.26. The molecule has 0 atom stereocenters. The molecule has 84 valence electrons. The number of hydrogen-bond donors (Lipinski definition) is 0. The summed E-state index contributed by atoms with van der Waals surface area (Å²) in [5.41, 5.74) is 3.37. The molecule has 4 nitrogen and oxygen atoms in total. The van der Waals surface area contributed by atoms with Crippen LogP contribution in [0.2, 0.25) is 0 Å². The molecule has 0 spiro atoms. The Kier molecular flexibility index (Phi) is 3.17. The van der Waals surface area contributed by atoms with Crippen LogP contribution in [0, 0.1) is 11.3 Å². The molecule has 5 heteroatoms. The minimum Gasteiger partial charge on any atom is -0.310 e. The fraction of sp³-hybridized carbons (Fsp3) is 0.0833. The van der Waals surface area contributed by atoms with Crippen LogP contribution in [0.25, 0.3) is 0 Å². The smallest absolute Gasteiger partial charge is 0.277 e. The molecule has 0 saturated heterocycles. The maximum Gasteiger partial charge on any atom is 0.277 e. The summed E-state index contributed by atoms with van der Waals surface area (Å²) in [4.78, 5) is 17.4. The van der Waals surface area contributed by atoms with Gasteiger partial charge in [0.05, 0.1) is 17.1 Å². The van der Waals surface area contributed by atoms with E-state index < -0.39 is 0 Å². The van der Waals surface area contributed by atoms with Gasteiger partial charge in [0, 0.05) is 18.1 Å². The fourth-order valence-corrected chi connectivity index (χ4v) is 1.89. The monoisotopic (exact) mass is 243 g/mol. The van der Waals surface area contributed by atoms with Gasteiger partial charge < -0.3 is 4.90 Å². The molecule has 0 N–H and O–H groups in total. The summed E-state index contributed by atoms with van der Waals surface area (Å²) in [6.45, 7) is 0. The molecule has 0 radical (unpaired) electrons. The standard InChI is InChI=1S/C12H9N3OS/c1-15(12(16)11-7-17-8-14-11)10-4-2-9(6-13)3-5-10/h2-5,7-8H,1H3. The Hall–Kier alpha value is -2.19. The van der Waals surface area contributed by atoms with E-state index in [-0.39, 0.29) is 5.91 Å². The predicted molar refractivity (Wildman–Crippen MR) is 66.0 cm³/mol. The van der Waals surface area contributed by atoms with Crippen molar-refractivity contribution in [3.05, 3.63) is 46.4 Å². The third kappa shape index (κ3) is 2.32. The van der Waals surface area contributed by atoms with Crippen LogP contribution in [0.1, 0.15) is 16.1 Å². The highest BCUT2D eigenvalue weighted by atomic mass is 32.1. The second kappa shape index (κ2) is 4.76. The van der Waals surface area contributed by atoms with E-state index in [1.165, 1.54) is 16.2 Å². The molecule has 0 unspecified atom stereocenters. The molecule has 1 aromatic heterocycles. The van der Waals surface area contributed by atoms with Crippen LogP contribution in [-0.4, -0.2) is 17.9 Å². The number of amides is 1. The van der Waals surface area contributed by atoms with E-state index in [0.717, 1.165) is 5.69 Å². The molecule has 0 fully saturated rings. The third-order valence-electron chi connectivity index (χ3n) is 2.34. The lowest BCUT2D eigenvalue weighted by atomic mass is 10.2. The van der Waals surface area contributed by atoms with Gasteiger partial charge >= 0.3 is 0 Å². The van der Waals surface area contributed by atoms with Crippen LogP contribution in [-0.2, 0) is 0 Å². The van der Waals surface area contributed by atoms with E-state index in [4.69, 9.17) is 5.26 Å². The van der Waals surface area contributed by atoms with Gasteiger partial charge in [-0.3, -0.25) is 4.79 Å². The number of carbonyl (C=O) groups is 1. The highest BCUT2D eigenvalue weighted by Gasteiger charge is 2.14. The van der Waals surface area contributed by atoms with Crippen molar-refractivity contribution >= 4 is 22.9 Å². The normalized spacial score (nSPS) is 9.65. The van der Waals surface area contributed by atoms with Crippen LogP contribution in [0.4, 0.5) is 5.69 Å². The quantitative estimate of drug-likeness (QED) is 0.813. The van der Waals surface area contributed by atoms with Crippen molar-refractivity contribution in [3.8, 4) is 6.07 Å². The zero-order valence-corrected chi connectivity index (χ0v) is 9.94. The van der Waals surface area contributed by atoms with Gasteiger partial charge in [0.1, 0.15) is 5.69 Å². The Balaban J connectivity index is 2.22. The van der Waals surface area contributed by atoms with Gasteiger partial charge in [0.2, 0.25) is 0 Å². The molecule has 1 amide bonds. The summed E-state index contributed by atoms with van der Waals surface area (Å²) in [5.74, 6) is -0.157. The van der Waals surface area contributed by atoms with E-state index in [9.17, 15) is 4.79 Å². The zero-order valence-electron chi connectivity index (χ0n) is 9.12. The molecule has 0 bridgehead atoms. The van der Waals surface area contributed by atoms with Gasteiger partial charge in [0.15, 0.2) is 0 Å². The Morgan fingerprint density at radius 2 is 2.12 bits per heavy atom. The van der Waals surface area contributed by atoms with Crippen molar-refractivity contribution in [2.75, 3.05) is 11.9 Å². The molecule has 0 saturated carbocycles. The number of benzene rings is 1. The van der Waals surface area contributed by atoms with Gasteiger partial charge in [-0.2, -0.15) is 5.26 Å². The van der Waals surface area contributed by atoms with Gasteiger partial charge in [-0.1, -0.05) is 0 Å². The maximum atomic E-state index is 12.0. The molecule has 0 aliphatic heterocycles. The number of anilines is 1. The van der Waals surface area contributed by atoms with Crippen molar-refractivity contribution in [1.82, 2.24) is 4.98 Å². The molecule has 0 aliphatic rings. The second-order valence-electron chi connectivity index (χ2n) is 3.40.